The van der Waals surface area contributed by atoms with Gasteiger partial charge in [-0.05, 0) is 24.6 Å². The van der Waals surface area contributed by atoms with E-state index in [1.807, 2.05) is 0 Å². The first-order chi connectivity index (χ1) is 6.97. The van der Waals surface area contributed by atoms with Crippen LogP contribution in [0, 0.1) is 18.3 Å². The second kappa shape index (κ2) is 4.62. The van der Waals surface area contributed by atoms with E-state index < -0.39 is 10.0 Å². The first-order valence-electron chi connectivity index (χ1n) is 4.10. The molecule has 15 heavy (non-hydrogen) atoms. The first kappa shape index (κ1) is 12.0. The van der Waals surface area contributed by atoms with Crippen LogP contribution < -0.4 is 4.72 Å². The van der Waals surface area contributed by atoms with Gasteiger partial charge in [0.1, 0.15) is 0 Å². The van der Waals surface area contributed by atoms with Crippen molar-refractivity contribution in [1.29, 1.82) is 5.26 Å². The molecule has 4 nitrogen and oxygen atoms in total. The van der Waals surface area contributed by atoms with Gasteiger partial charge in [0.25, 0.3) is 0 Å². The summed E-state index contributed by atoms with van der Waals surface area (Å²) in [5.74, 6) is 0. The Morgan fingerprint density at radius 1 is 1.53 bits per heavy atom. The number of hydrogen-bond acceptors (Lipinski definition) is 3. The van der Waals surface area contributed by atoms with Crippen molar-refractivity contribution >= 4 is 21.6 Å². The molecule has 0 aromatic heterocycles. The average Bonchev–Trinajstić information content (AvgIpc) is 2.19. The quantitative estimate of drug-likeness (QED) is 0.819. The SMILES string of the molecule is Cc1ccc(S(=O)(=O)NCC#N)cc1Cl. The smallest absolute Gasteiger partial charge is 0.207 e. The molecule has 0 aliphatic heterocycles. The number of nitrogens with zero attached hydrogens (tertiary/aromatic N) is 1. The molecule has 1 aromatic rings. The Morgan fingerprint density at radius 3 is 2.73 bits per heavy atom. The molecule has 0 saturated heterocycles. The molecule has 0 amide bonds. The van der Waals surface area contributed by atoms with E-state index in [9.17, 15) is 8.42 Å². The van der Waals surface area contributed by atoms with Gasteiger partial charge in [0.2, 0.25) is 10.0 Å². The van der Waals surface area contributed by atoms with Crippen molar-refractivity contribution in [2.45, 2.75) is 11.8 Å². The topological polar surface area (TPSA) is 70.0 Å². The monoisotopic (exact) mass is 244 g/mol. The molecule has 0 atom stereocenters. The maximum atomic E-state index is 11.5. The van der Waals surface area contributed by atoms with E-state index in [0.717, 1.165) is 5.56 Å². The summed E-state index contributed by atoms with van der Waals surface area (Å²) in [6.45, 7) is 1.52. The van der Waals surface area contributed by atoms with Crippen LogP contribution in [0.3, 0.4) is 0 Å². The van der Waals surface area contributed by atoms with Crippen LogP contribution in [-0.4, -0.2) is 15.0 Å². The molecular weight excluding hydrogens is 236 g/mol. The van der Waals surface area contributed by atoms with Crippen LogP contribution in [0.15, 0.2) is 23.1 Å². The van der Waals surface area contributed by atoms with Gasteiger partial charge in [-0.2, -0.15) is 9.98 Å². The van der Waals surface area contributed by atoms with Gasteiger partial charge < -0.3 is 0 Å². The van der Waals surface area contributed by atoms with E-state index >= 15 is 0 Å². The number of sulfonamides is 1. The van der Waals surface area contributed by atoms with Gasteiger partial charge >= 0.3 is 0 Å². The van der Waals surface area contributed by atoms with E-state index in [2.05, 4.69) is 4.72 Å². The van der Waals surface area contributed by atoms with Crippen molar-refractivity contribution in [3.8, 4) is 6.07 Å². The molecule has 0 unspecified atom stereocenters. The van der Waals surface area contributed by atoms with Gasteiger partial charge in [0.15, 0.2) is 0 Å². The standard InChI is InChI=1S/C9H9ClN2O2S/c1-7-2-3-8(6-9(7)10)15(13,14)12-5-4-11/h2-3,6,12H,5H2,1H3. The predicted octanol–water partition coefficient (Wildman–Crippen LogP) is 1.45. The van der Waals surface area contributed by atoms with Crippen molar-refractivity contribution in [2.24, 2.45) is 0 Å². The number of nitriles is 1. The fourth-order valence-corrected chi connectivity index (χ4v) is 2.14. The van der Waals surface area contributed by atoms with Gasteiger partial charge in [-0.15, -0.1) is 0 Å². The molecule has 6 heteroatoms. The number of aryl methyl sites for hydroxylation is 1. The van der Waals surface area contributed by atoms with Gasteiger partial charge in [-0.1, -0.05) is 17.7 Å². The van der Waals surface area contributed by atoms with Crippen LogP contribution in [0.25, 0.3) is 0 Å². The predicted molar refractivity (Wildman–Crippen MR) is 57.0 cm³/mol. The lowest BCUT2D eigenvalue weighted by atomic mass is 10.2. The summed E-state index contributed by atoms with van der Waals surface area (Å²) in [5, 5.41) is 8.66. The molecule has 0 aliphatic carbocycles. The molecule has 1 aromatic carbocycles. The van der Waals surface area contributed by atoms with Crippen LogP contribution in [0.2, 0.25) is 5.02 Å². The van der Waals surface area contributed by atoms with E-state index in [1.165, 1.54) is 12.1 Å². The molecule has 80 valence electrons. The van der Waals surface area contributed by atoms with Gasteiger partial charge in [-0.25, -0.2) is 8.42 Å². The molecule has 0 bridgehead atoms. The number of halogens is 1. The minimum Gasteiger partial charge on any atom is -0.207 e. The highest BCUT2D eigenvalue weighted by atomic mass is 35.5. The highest BCUT2D eigenvalue weighted by Gasteiger charge is 2.13. The van der Waals surface area contributed by atoms with E-state index in [0.29, 0.717) is 5.02 Å². The van der Waals surface area contributed by atoms with E-state index in [1.54, 1.807) is 19.1 Å². The molecule has 0 fully saturated rings. The van der Waals surface area contributed by atoms with Crippen molar-refractivity contribution in [2.75, 3.05) is 6.54 Å². The Kier molecular flexibility index (Phi) is 3.69. The normalized spacial score (nSPS) is 11.0. The fourth-order valence-electron chi connectivity index (χ4n) is 0.951. The zero-order valence-corrected chi connectivity index (χ0v) is 9.56. The Hall–Kier alpha value is -1.09. The number of rotatable bonds is 3. The lowest BCUT2D eigenvalue weighted by Crippen LogP contribution is -2.23. The molecule has 1 rings (SSSR count). The molecule has 0 saturated carbocycles. The molecule has 0 heterocycles. The zero-order valence-electron chi connectivity index (χ0n) is 7.99. The third kappa shape index (κ3) is 2.93. The second-order valence-corrected chi connectivity index (χ2v) is 5.07. The number of hydrogen-bond donors (Lipinski definition) is 1. The maximum Gasteiger partial charge on any atom is 0.241 e. The fraction of sp³-hybridized carbons (Fsp3) is 0.222. The molecule has 0 spiro atoms. The average molecular weight is 245 g/mol. The minimum atomic E-state index is -3.62. The molecular formula is C9H9ClN2O2S. The summed E-state index contributed by atoms with van der Waals surface area (Å²) in [7, 11) is -3.62. The molecule has 1 N–H and O–H groups in total. The van der Waals surface area contributed by atoms with Gasteiger partial charge in [0.05, 0.1) is 17.5 Å². The zero-order chi connectivity index (χ0) is 11.5. The van der Waals surface area contributed by atoms with E-state index in [4.69, 9.17) is 16.9 Å². The van der Waals surface area contributed by atoms with Crippen molar-refractivity contribution in [3.05, 3.63) is 28.8 Å². The van der Waals surface area contributed by atoms with Gasteiger partial charge in [0, 0.05) is 5.02 Å². The van der Waals surface area contributed by atoms with E-state index in [-0.39, 0.29) is 11.4 Å². The molecule has 0 aliphatic rings. The van der Waals surface area contributed by atoms with Crippen molar-refractivity contribution in [1.82, 2.24) is 4.72 Å². The summed E-state index contributed by atoms with van der Waals surface area (Å²) in [6.07, 6.45) is 0. The Balaban J connectivity index is 3.07. The Bertz CT molecular complexity index is 505. The van der Waals surface area contributed by atoms with Crippen LogP contribution >= 0.6 is 11.6 Å². The van der Waals surface area contributed by atoms with Gasteiger partial charge in [-0.3, -0.25) is 0 Å². The summed E-state index contributed by atoms with van der Waals surface area (Å²) in [5.41, 5.74) is 0.802. The van der Waals surface area contributed by atoms with Crippen LogP contribution in [0.4, 0.5) is 0 Å². The lowest BCUT2D eigenvalue weighted by molar-refractivity contribution is 0.586. The van der Waals surface area contributed by atoms with Crippen LogP contribution in [0.1, 0.15) is 5.56 Å². The van der Waals surface area contributed by atoms with Crippen LogP contribution in [-0.2, 0) is 10.0 Å². The number of benzene rings is 1. The maximum absolute atomic E-state index is 11.5. The largest absolute Gasteiger partial charge is 0.241 e. The molecule has 0 radical (unpaired) electrons. The summed E-state index contributed by atoms with van der Waals surface area (Å²) in [4.78, 5) is 0.0633. The first-order valence-corrected chi connectivity index (χ1v) is 5.96. The second-order valence-electron chi connectivity index (χ2n) is 2.89. The summed E-state index contributed by atoms with van der Waals surface area (Å²) < 4.78 is 25.2. The third-order valence-corrected chi connectivity index (χ3v) is 3.60. The lowest BCUT2D eigenvalue weighted by Gasteiger charge is -2.05. The highest BCUT2D eigenvalue weighted by Crippen LogP contribution is 2.19. The summed E-state index contributed by atoms with van der Waals surface area (Å²) in [6, 6.07) is 6.11. The Morgan fingerprint density at radius 2 is 2.20 bits per heavy atom. The third-order valence-electron chi connectivity index (χ3n) is 1.79. The van der Waals surface area contributed by atoms with Crippen LogP contribution in [0.5, 0.6) is 0 Å². The minimum absolute atomic E-state index is 0.0633. The van der Waals surface area contributed by atoms with Crippen molar-refractivity contribution in [3.63, 3.8) is 0 Å². The number of nitrogens with one attached hydrogen (secondary N) is 1. The highest BCUT2D eigenvalue weighted by molar-refractivity contribution is 7.89. The van der Waals surface area contributed by atoms with Crippen molar-refractivity contribution < 1.29 is 8.42 Å². The summed E-state index contributed by atoms with van der Waals surface area (Å²) >= 11 is 5.80. The Labute approximate surface area is 93.5 Å².